The van der Waals surface area contributed by atoms with Crippen molar-refractivity contribution in [2.24, 2.45) is 0 Å². The Balaban J connectivity index is 1.82. The van der Waals surface area contributed by atoms with Gasteiger partial charge >= 0.3 is 0 Å². The maximum atomic E-state index is 12.4. The van der Waals surface area contributed by atoms with Crippen molar-refractivity contribution in [3.8, 4) is 11.1 Å². The molecule has 1 aromatic heterocycles. The number of aryl methyl sites for hydroxylation is 1. The molecule has 1 heterocycles. The summed E-state index contributed by atoms with van der Waals surface area (Å²) in [5.74, 6) is 0.260. The number of hydrogen-bond donors (Lipinski definition) is 1. The molecular weight excluding hydrogens is 356 g/mol. The van der Waals surface area contributed by atoms with E-state index in [1.807, 2.05) is 37.3 Å². The molecule has 0 aliphatic rings. The predicted molar refractivity (Wildman–Crippen MR) is 101 cm³/mol. The highest BCUT2D eigenvalue weighted by Gasteiger charge is 2.14. The first-order valence-electron chi connectivity index (χ1n) is 7.82. The molecule has 0 amide bonds. The molecule has 0 spiro atoms. The van der Waals surface area contributed by atoms with E-state index in [9.17, 15) is 8.42 Å². The molecule has 0 saturated heterocycles. The first-order chi connectivity index (χ1) is 12.0. The molecule has 2 aromatic carbocycles. The zero-order valence-corrected chi connectivity index (χ0v) is 15.2. The summed E-state index contributed by atoms with van der Waals surface area (Å²) in [4.78, 5) is 4.40. The summed E-state index contributed by atoms with van der Waals surface area (Å²) in [5, 5.41) is 0.619. The van der Waals surface area contributed by atoms with Gasteiger partial charge in [0.25, 0.3) is 10.0 Å². The molecule has 6 heteroatoms. The summed E-state index contributed by atoms with van der Waals surface area (Å²) in [6.45, 7) is 2.02. The van der Waals surface area contributed by atoms with E-state index in [1.165, 1.54) is 0 Å². The summed E-state index contributed by atoms with van der Waals surface area (Å²) in [6.07, 6.45) is 2.46. The zero-order chi connectivity index (χ0) is 17.9. The largest absolute Gasteiger partial charge is 0.263 e. The standard InChI is InChI=1S/C19H17ClN2O2S/c1-2-14-7-10-16(11-8-14)25(23,24)22-19-12-9-15(13-21-19)17-5-3-4-6-18(17)20/h3-13H,2H2,1H3,(H,21,22). The van der Waals surface area contributed by atoms with Crippen LogP contribution in [0.5, 0.6) is 0 Å². The molecule has 0 unspecified atom stereocenters. The van der Waals surface area contributed by atoms with Crippen molar-refractivity contribution in [2.75, 3.05) is 4.72 Å². The van der Waals surface area contributed by atoms with Crippen molar-refractivity contribution >= 4 is 27.4 Å². The number of benzene rings is 2. The number of anilines is 1. The monoisotopic (exact) mass is 372 g/mol. The first kappa shape index (κ1) is 17.5. The average Bonchev–Trinajstić information content (AvgIpc) is 2.63. The predicted octanol–water partition coefficient (Wildman–Crippen LogP) is 4.77. The number of pyridine rings is 1. The maximum absolute atomic E-state index is 12.4. The number of hydrogen-bond acceptors (Lipinski definition) is 3. The molecule has 3 rings (SSSR count). The first-order valence-corrected chi connectivity index (χ1v) is 9.68. The minimum absolute atomic E-state index is 0.210. The van der Waals surface area contributed by atoms with Crippen molar-refractivity contribution in [3.63, 3.8) is 0 Å². The van der Waals surface area contributed by atoms with Crippen LogP contribution in [0.1, 0.15) is 12.5 Å². The fourth-order valence-electron chi connectivity index (χ4n) is 2.41. The second kappa shape index (κ2) is 7.25. The van der Waals surface area contributed by atoms with E-state index in [2.05, 4.69) is 9.71 Å². The van der Waals surface area contributed by atoms with E-state index in [0.717, 1.165) is 23.1 Å². The molecule has 3 aromatic rings. The van der Waals surface area contributed by atoms with Gasteiger partial charge in [0.2, 0.25) is 0 Å². The van der Waals surface area contributed by atoms with Gasteiger partial charge in [-0.1, -0.05) is 48.9 Å². The number of nitrogens with zero attached hydrogens (tertiary/aromatic N) is 1. The lowest BCUT2D eigenvalue weighted by Crippen LogP contribution is -2.13. The Labute approximate surface area is 152 Å². The molecule has 0 aliphatic carbocycles. The van der Waals surface area contributed by atoms with Gasteiger partial charge in [0, 0.05) is 22.3 Å². The SMILES string of the molecule is CCc1ccc(S(=O)(=O)Nc2ccc(-c3ccccc3Cl)cn2)cc1. The number of aromatic nitrogens is 1. The molecule has 0 bridgehead atoms. The lowest BCUT2D eigenvalue weighted by molar-refractivity contribution is 0.601. The van der Waals surface area contributed by atoms with Gasteiger partial charge in [-0.05, 0) is 42.3 Å². The summed E-state index contributed by atoms with van der Waals surface area (Å²) in [5.41, 5.74) is 2.75. The van der Waals surface area contributed by atoms with Crippen LogP contribution >= 0.6 is 11.6 Å². The average molecular weight is 373 g/mol. The van der Waals surface area contributed by atoms with Crippen LogP contribution in [-0.4, -0.2) is 13.4 Å². The molecule has 0 atom stereocenters. The van der Waals surface area contributed by atoms with Gasteiger partial charge in [-0.15, -0.1) is 0 Å². The van der Waals surface area contributed by atoms with Gasteiger partial charge in [0.1, 0.15) is 5.82 Å². The Bertz CT molecular complexity index is 969. The normalized spacial score (nSPS) is 11.3. The topological polar surface area (TPSA) is 59.1 Å². The second-order valence-electron chi connectivity index (χ2n) is 5.51. The van der Waals surface area contributed by atoms with Crippen LogP contribution in [0.2, 0.25) is 5.02 Å². The summed E-state index contributed by atoms with van der Waals surface area (Å²) in [7, 11) is -3.66. The van der Waals surface area contributed by atoms with Crippen LogP contribution in [0.3, 0.4) is 0 Å². The van der Waals surface area contributed by atoms with Gasteiger partial charge in [0.15, 0.2) is 0 Å². The molecule has 1 N–H and O–H groups in total. The Hall–Kier alpha value is -2.37. The second-order valence-corrected chi connectivity index (χ2v) is 7.60. The Kier molecular flexibility index (Phi) is 5.06. The van der Waals surface area contributed by atoms with Crippen molar-refractivity contribution in [1.29, 1.82) is 0 Å². The highest BCUT2D eigenvalue weighted by atomic mass is 35.5. The molecular formula is C19H17ClN2O2S. The zero-order valence-electron chi connectivity index (χ0n) is 13.6. The van der Waals surface area contributed by atoms with E-state index < -0.39 is 10.0 Å². The molecule has 128 valence electrons. The number of rotatable bonds is 5. The molecule has 0 saturated carbocycles. The van der Waals surface area contributed by atoms with Crippen molar-refractivity contribution in [1.82, 2.24) is 4.98 Å². The van der Waals surface area contributed by atoms with Crippen LogP contribution < -0.4 is 4.72 Å². The van der Waals surface area contributed by atoms with Gasteiger partial charge in [-0.3, -0.25) is 4.72 Å². The van der Waals surface area contributed by atoms with Crippen LogP contribution in [0.15, 0.2) is 71.8 Å². The van der Waals surface area contributed by atoms with Crippen molar-refractivity contribution in [3.05, 3.63) is 77.4 Å². The Morgan fingerprint density at radius 3 is 2.32 bits per heavy atom. The Morgan fingerprint density at radius 1 is 1.00 bits per heavy atom. The number of halogens is 1. The van der Waals surface area contributed by atoms with Gasteiger partial charge in [-0.2, -0.15) is 0 Å². The summed E-state index contributed by atoms with van der Waals surface area (Å²) >= 11 is 6.17. The van der Waals surface area contributed by atoms with Crippen LogP contribution in [0.25, 0.3) is 11.1 Å². The van der Waals surface area contributed by atoms with Crippen molar-refractivity contribution < 1.29 is 8.42 Å². The lowest BCUT2D eigenvalue weighted by Gasteiger charge is -2.09. The van der Waals surface area contributed by atoms with Gasteiger partial charge in [-0.25, -0.2) is 13.4 Å². The van der Waals surface area contributed by atoms with Gasteiger partial charge in [0.05, 0.1) is 4.90 Å². The Morgan fingerprint density at radius 2 is 1.72 bits per heavy atom. The smallest absolute Gasteiger partial charge is 0.263 e. The maximum Gasteiger partial charge on any atom is 0.263 e. The van der Waals surface area contributed by atoms with Crippen LogP contribution in [-0.2, 0) is 16.4 Å². The van der Waals surface area contributed by atoms with E-state index >= 15 is 0 Å². The molecule has 0 fully saturated rings. The lowest BCUT2D eigenvalue weighted by atomic mass is 10.1. The molecule has 4 nitrogen and oxygen atoms in total. The third-order valence-electron chi connectivity index (χ3n) is 3.83. The molecule has 0 radical (unpaired) electrons. The van der Waals surface area contributed by atoms with E-state index in [-0.39, 0.29) is 10.7 Å². The highest BCUT2D eigenvalue weighted by molar-refractivity contribution is 7.92. The van der Waals surface area contributed by atoms with Crippen molar-refractivity contribution in [2.45, 2.75) is 18.2 Å². The minimum Gasteiger partial charge on any atom is -0.263 e. The van der Waals surface area contributed by atoms with E-state index in [4.69, 9.17) is 11.6 Å². The molecule has 25 heavy (non-hydrogen) atoms. The summed E-state index contributed by atoms with van der Waals surface area (Å²) < 4.78 is 27.4. The van der Waals surface area contributed by atoms with E-state index in [1.54, 1.807) is 36.5 Å². The molecule has 0 aliphatic heterocycles. The fraction of sp³-hybridized carbons (Fsp3) is 0.105. The summed E-state index contributed by atoms with van der Waals surface area (Å²) in [6, 6.07) is 17.6. The van der Waals surface area contributed by atoms with Crippen LogP contribution in [0, 0.1) is 0 Å². The van der Waals surface area contributed by atoms with Gasteiger partial charge < -0.3 is 0 Å². The quantitative estimate of drug-likeness (QED) is 0.702. The third kappa shape index (κ3) is 4.00. The minimum atomic E-state index is -3.66. The number of sulfonamides is 1. The van der Waals surface area contributed by atoms with E-state index in [0.29, 0.717) is 5.02 Å². The number of nitrogens with one attached hydrogen (secondary N) is 1. The highest BCUT2D eigenvalue weighted by Crippen LogP contribution is 2.27. The fourth-order valence-corrected chi connectivity index (χ4v) is 3.66. The van der Waals surface area contributed by atoms with Crippen LogP contribution in [0.4, 0.5) is 5.82 Å². The third-order valence-corrected chi connectivity index (χ3v) is 5.53.